The number of rotatable bonds is 3. The van der Waals surface area contributed by atoms with Crippen molar-refractivity contribution in [1.82, 2.24) is 9.97 Å². The van der Waals surface area contributed by atoms with Gasteiger partial charge in [-0.05, 0) is 81.4 Å². The zero-order valence-electron chi connectivity index (χ0n) is 26.0. The van der Waals surface area contributed by atoms with Gasteiger partial charge < -0.3 is 5.32 Å². The van der Waals surface area contributed by atoms with E-state index in [0.717, 1.165) is 83.4 Å². The van der Waals surface area contributed by atoms with E-state index in [1.807, 2.05) is 0 Å². The molecule has 1 N–H and O–H groups in total. The van der Waals surface area contributed by atoms with E-state index in [2.05, 4.69) is 164 Å². The van der Waals surface area contributed by atoms with Gasteiger partial charge in [-0.25, -0.2) is 9.97 Å². The lowest BCUT2D eigenvalue weighted by molar-refractivity contribution is 0.929. The Hall–Kier alpha value is -6.06. The van der Waals surface area contributed by atoms with E-state index >= 15 is 0 Å². The second-order valence-electron chi connectivity index (χ2n) is 12.5. The number of hydrogen-bond donors (Lipinski definition) is 1. The van der Waals surface area contributed by atoms with Crippen molar-refractivity contribution in [2.45, 2.75) is 13.0 Å². The number of nitrogens with zero attached hydrogens (tertiary/aromatic N) is 2. The van der Waals surface area contributed by atoms with Crippen molar-refractivity contribution in [2.24, 2.45) is 0 Å². The summed E-state index contributed by atoms with van der Waals surface area (Å²) < 4.78 is 0. The Kier molecular flexibility index (Phi) is 6.26. The van der Waals surface area contributed by atoms with Gasteiger partial charge in [-0.15, -0.1) is 0 Å². The number of aromatic nitrogens is 2. The molecule has 2 aromatic heterocycles. The summed E-state index contributed by atoms with van der Waals surface area (Å²) in [6.45, 7) is 6.54. The molecule has 1 atom stereocenters. The predicted octanol–water partition coefficient (Wildman–Crippen LogP) is 11.4. The SMILES string of the molecule is C=C1C(C)=CC=Cc2ccc3ccc(C4C=Cc5ccc(-c6ccc7ccc(-c8ccc9ccccc9c8)nc7c6)cc5N4)nc3c21. The topological polar surface area (TPSA) is 37.8 Å². The normalized spacial score (nSPS) is 15.3. The molecule has 2 aliphatic rings. The average molecular weight is 602 g/mol. The second-order valence-corrected chi connectivity index (χ2v) is 12.5. The molecule has 222 valence electrons. The minimum atomic E-state index is -0.0491. The Bertz CT molecular complexity index is 2530. The van der Waals surface area contributed by atoms with Gasteiger partial charge in [0.2, 0.25) is 0 Å². The van der Waals surface area contributed by atoms with Crippen LogP contribution in [0.4, 0.5) is 5.69 Å². The van der Waals surface area contributed by atoms with Crippen molar-refractivity contribution >= 4 is 56.0 Å². The first-order valence-electron chi connectivity index (χ1n) is 16.0. The highest BCUT2D eigenvalue weighted by atomic mass is 15.0. The third-order valence-corrected chi connectivity index (χ3v) is 9.54. The smallest absolute Gasteiger partial charge is 0.0873 e. The third kappa shape index (κ3) is 4.76. The molecule has 9 rings (SSSR count). The number of benzene rings is 5. The van der Waals surface area contributed by atoms with Gasteiger partial charge in [-0.1, -0.05) is 122 Å². The number of hydrogen-bond acceptors (Lipinski definition) is 3. The molecule has 3 heterocycles. The van der Waals surface area contributed by atoms with Crippen LogP contribution in [-0.4, -0.2) is 9.97 Å². The van der Waals surface area contributed by atoms with E-state index in [-0.39, 0.29) is 6.04 Å². The molecule has 0 amide bonds. The first kappa shape index (κ1) is 27.3. The Morgan fingerprint density at radius 2 is 1.38 bits per heavy atom. The van der Waals surface area contributed by atoms with Gasteiger partial charge in [0.15, 0.2) is 0 Å². The number of anilines is 1. The molecule has 1 aliphatic carbocycles. The molecule has 0 radical (unpaired) electrons. The van der Waals surface area contributed by atoms with Gasteiger partial charge in [-0.2, -0.15) is 0 Å². The van der Waals surface area contributed by atoms with Crippen LogP contribution in [0.2, 0.25) is 0 Å². The summed E-state index contributed by atoms with van der Waals surface area (Å²) in [6, 6.07) is 41.0. The second kappa shape index (κ2) is 10.8. The molecule has 0 saturated carbocycles. The van der Waals surface area contributed by atoms with Crippen LogP contribution >= 0.6 is 0 Å². The molecule has 47 heavy (non-hydrogen) atoms. The van der Waals surface area contributed by atoms with Crippen LogP contribution in [0.1, 0.15) is 35.3 Å². The van der Waals surface area contributed by atoms with Crippen LogP contribution in [-0.2, 0) is 0 Å². The van der Waals surface area contributed by atoms with Crippen molar-refractivity contribution in [3.8, 4) is 22.4 Å². The Morgan fingerprint density at radius 1 is 0.638 bits per heavy atom. The molecule has 0 fully saturated rings. The highest BCUT2D eigenvalue weighted by Gasteiger charge is 2.20. The summed E-state index contributed by atoms with van der Waals surface area (Å²) in [5.41, 5.74) is 14.0. The molecule has 1 unspecified atom stereocenters. The first-order chi connectivity index (χ1) is 23.1. The highest BCUT2D eigenvalue weighted by molar-refractivity contribution is 5.99. The first-order valence-corrected chi connectivity index (χ1v) is 16.0. The quantitative estimate of drug-likeness (QED) is 0.219. The summed E-state index contributed by atoms with van der Waals surface area (Å²) in [6.07, 6.45) is 10.8. The fraction of sp³-hybridized carbons (Fsp3) is 0.0455. The lowest BCUT2D eigenvalue weighted by Crippen LogP contribution is -2.14. The molecule has 1 aliphatic heterocycles. The van der Waals surface area contributed by atoms with Crippen molar-refractivity contribution in [3.63, 3.8) is 0 Å². The van der Waals surface area contributed by atoms with Crippen molar-refractivity contribution < 1.29 is 0 Å². The van der Waals surface area contributed by atoms with Crippen LogP contribution in [0.25, 0.3) is 72.7 Å². The summed E-state index contributed by atoms with van der Waals surface area (Å²) >= 11 is 0. The maximum Gasteiger partial charge on any atom is 0.0873 e. The molecular weight excluding hydrogens is 571 g/mol. The predicted molar refractivity (Wildman–Crippen MR) is 199 cm³/mol. The van der Waals surface area contributed by atoms with Crippen molar-refractivity contribution in [1.29, 1.82) is 0 Å². The Morgan fingerprint density at radius 3 is 2.32 bits per heavy atom. The maximum absolute atomic E-state index is 5.23. The third-order valence-electron chi connectivity index (χ3n) is 9.54. The zero-order chi connectivity index (χ0) is 31.5. The molecule has 3 nitrogen and oxygen atoms in total. The molecule has 5 aromatic carbocycles. The molecule has 0 spiro atoms. The van der Waals surface area contributed by atoms with E-state index in [1.165, 1.54) is 10.8 Å². The molecule has 3 heteroatoms. The summed E-state index contributed by atoms with van der Waals surface area (Å²) in [5, 5.41) is 8.47. The minimum absolute atomic E-state index is 0.0491. The van der Waals surface area contributed by atoms with E-state index in [0.29, 0.717) is 0 Å². The van der Waals surface area contributed by atoms with Crippen molar-refractivity contribution in [3.05, 3.63) is 168 Å². The van der Waals surface area contributed by atoms with E-state index in [1.54, 1.807) is 0 Å². The van der Waals surface area contributed by atoms with Crippen molar-refractivity contribution in [2.75, 3.05) is 5.32 Å². The summed E-state index contributed by atoms with van der Waals surface area (Å²) in [4.78, 5) is 10.3. The number of fused-ring (bicyclic) bond motifs is 6. The fourth-order valence-electron chi connectivity index (χ4n) is 6.84. The van der Waals surface area contributed by atoms with E-state index in [4.69, 9.17) is 9.97 Å². The summed E-state index contributed by atoms with van der Waals surface area (Å²) in [5.74, 6) is 0. The van der Waals surface area contributed by atoms with Gasteiger partial charge in [0.25, 0.3) is 0 Å². The van der Waals surface area contributed by atoms with E-state index in [9.17, 15) is 0 Å². The number of pyridine rings is 2. The monoisotopic (exact) mass is 601 g/mol. The molecule has 0 saturated heterocycles. The Balaban J connectivity index is 1.04. The lowest BCUT2D eigenvalue weighted by atomic mass is 9.93. The number of allylic oxidation sites excluding steroid dienone is 4. The number of nitrogens with one attached hydrogen (secondary N) is 1. The van der Waals surface area contributed by atoms with E-state index < -0.39 is 0 Å². The highest BCUT2D eigenvalue weighted by Crippen LogP contribution is 2.37. The largest absolute Gasteiger partial charge is 0.373 e. The standard InChI is InChI=1S/C44H31N3/c1-27-6-5-9-32-13-14-33-20-23-40(47-44(33)43(32)28(27)2)39-22-19-31-12-16-36(26-42(31)46-39)35-15-11-30-18-21-38(45-41(30)25-35)37-17-10-29-7-3-4-8-34(29)24-37/h3-26,39,46H,2H2,1H3. The van der Waals surface area contributed by atoms with Crippen LogP contribution < -0.4 is 5.32 Å². The van der Waals surface area contributed by atoms with Gasteiger partial charge in [0.05, 0.1) is 28.5 Å². The zero-order valence-corrected chi connectivity index (χ0v) is 26.0. The van der Waals surface area contributed by atoms with Crippen LogP contribution in [0.5, 0.6) is 0 Å². The van der Waals surface area contributed by atoms with Crippen LogP contribution in [0.3, 0.4) is 0 Å². The Labute approximate surface area is 274 Å². The van der Waals surface area contributed by atoms with Gasteiger partial charge >= 0.3 is 0 Å². The fourth-order valence-corrected chi connectivity index (χ4v) is 6.84. The molecule has 0 bridgehead atoms. The maximum atomic E-state index is 5.23. The molecule has 7 aromatic rings. The molecular formula is C44H31N3. The van der Waals surface area contributed by atoms with Crippen LogP contribution in [0.15, 0.2) is 146 Å². The van der Waals surface area contributed by atoms with Gasteiger partial charge in [0.1, 0.15) is 0 Å². The van der Waals surface area contributed by atoms with Gasteiger partial charge in [-0.3, -0.25) is 0 Å². The minimum Gasteiger partial charge on any atom is -0.373 e. The lowest BCUT2D eigenvalue weighted by Gasteiger charge is -2.23. The van der Waals surface area contributed by atoms with Crippen LogP contribution in [0, 0.1) is 0 Å². The summed E-state index contributed by atoms with van der Waals surface area (Å²) in [7, 11) is 0. The average Bonchev–Trinajstić information content (AvgIpc) is 3.27. The van der Waals surface area contributed by atoms with Gasteiger partial charge in [0, 0.05) is 27.6 Å².